The van der Waals surface area contributed by atoms with Crippen LogP contribution in [0.3, 0.4) is 0 Å². The minimum absolute atomic E-state index is 0.206. The van der Waals surface area contributed by atoms with Gasteiger partial charge in [0.15, 0.2) is 5.82 Å². The zero-order valence-corrected chi connectivity index (χ0v) is 16.1. The fraction of sp³-hybridized carbons (Fsp3) is 0.450. The molecule has 28 heavy (non-hydrogen) atoms. The number of morpholine rings is 1. The molecule has 2 aliphatic heterocycles. The number of anilines is 2. The molecule has 1 aromatic heterocycles. The molecule has 4 rings (SSSR count). The zero-order valence-electron chi connectivity index (χ0n) is 16.1. The molecule has 148 valence electrons. The lowest BCUT2D eigenvalue weighted by Crippen LogP contribution is -2.39. The van der Waals surface area contributed by atoms with Gasteiger partial charge in [0.25, 0.3) is 0 Å². The van der Waals surface area contributed by atoms with Gasteiger partial charge in [0, 0.05) is 56.0 Å². The van der Waals surface area contributed by atoms with Gasteiger partial charge in [0.05, 0.1) is 18.9 Å². The Morgan fingerprint density at radius 3 is 2.75 bits per heavy atom. The number of benzene rings is 1. The molecule has 1 aromatic carbocycles. The Morgan fingerprint density at radius 2 is 2.00 bits per heavy atom. The van der Waals surface area contributed by atoms with E-state index in [0.717, 1.165) is 74.4 Å². The van der Waals surface area contributed by atoms with Gasteiger partial charge in [-0.05, 0) is 31.2 Å². The Bertz CT molecular complexity index is 833. The maximum absolute atomic E-state index is 11.7. The Balaban J connectivity index is 1.63. The van der Waals surface area contributed by atoms with E-state index in [1.807, 2.05) is 31.2 Å². The number of carbonyl (C=O) groups is 1. The molecule has 3 heterocycles. The second kappa shape index (κ2) is 8.53. The maximum Gasteiger partial charge on any atom is 0.319 e. The van der Waals surface area contributed by atoms with Crippen LogP contribution in [0.4, 0.5) is 16.3 Å². The molecule has 8 nitrogen and oxygen atoms in total. The molecule has 2 aliphatic rings. The molecule has 2 aromatic rings. The van der Waals surface area contributed by atoms with Crippen molar-refractivity contribution in [3.05, 3.63) is 35.5 Å². The number of fused-ring (bicyclic) bond motifs is 1. The summed E-state index contributed by atoms with van der Waals surface area (Å²) in [5, 5.41) is 8.97. The van der Waals surface area contributed by atoms with Gasteiger partial charge in [0.2, 0.25) is 0 Å². The lowest BCUT2D eigenvalue weighted by atomic mass is 10.1. The Morgan fingerprint density at radius 1 is 1.21 bits per heavy atom. The fourth-order valence-corrected chi connectivity index (χ4v) is 3.53. The molecule has 0 saturated carbocycles. The van der Waals surface area contributed by atoms with E-state index in [0.29, 0.717) is 6.54 Å². The summed E-state index contributed by atoms with van der Waals surface area (Å²) < 4.78 is 5.50. The second-order valence-corrected chi connectivity index (χ2v) is 6.88. The van der Waals surface area contributed by atoms with Crippen molar-refractivity contribution in [2.75, 3.05) is 49.6 Å². The van der Waals surface area contributed by atoms with E-state index in [2.05, 4.69) is 20.9 Å². The van der Waals surface area contributed by atoms with Gasteiger partial charge >= 0.3 is 6.03 Å². The van der Waals surface area contributed by atoms with E-state index in [-0.39, 0.29) is 6.03 Å². The molecule has 2 amide bonds. The molecule has 1 fully saturated rings. The van der Waals surface area contributed by atoms with Crippen LogP contribution in [0.15, 0.2) is 24.3 Å². The molecule has 0 spiro atoms. The molecule has 0 aliphatic carbocycles. The molecule has 3 N–H and O–H groups in total. The van der Waals surface area contributed by atoms with Crippen LogP contribution >= 0.6 is 0 Å². The van der Waals surface area contributed by atoms with E-state index < -0.39 is 0 Å². The standard InChI is InChI=1S/C20H26N6O2/c1-2-22-20(27)23-15-5-3-14(4-6-15)18-24-17-7-8-21-13-16(17)19(25-18)26-9-11-28-12-10-26/h3-6,21H,2,7-13H2,1H3,(H2,22,23,27). The van der Waals surface area contributed by atoms with Crippen molar-refractivity contribution in [3.8, 4) is 11.4 Å². The first-order valence-corrected chi connectivity index (χ1v) is 9.83. The van der Waals surface area contributed by atoms with Crippen molar-refractivity contribution in [1.29, 1.82) is 0 Å². The van der Waals surface area contributed by atoms with Crippen LogP contribution in [0.5, 0.6) is 0 Å². The first kappa shape index (κ1) is 18.6. The highest BCUT2D eigenvalue weighted by Crippen LogP contribution is 2.28. The van der Waals surface area contributed by atoms with E-state index in [9.17, 15) is 4.79 Å². The monoisotopic (exact) mass is 382 g/mol. The molecular weight excluding hydrogens is 356 g/mol. The average molecular weight is 382 g/mol. The van der Waals surface area contributed by atoms with E-state index in [1.165, 1.54) is 5.56 Å². The molecule has 1 saturated heterocycles. The SMILES string of the molecule is CCNC(=O)Nc1ccc(-c2nc3c(c(N4CCOCC4)n2)CNCC3)cc1. The van der Waals surface area contributed by atoms with Crippen molar-refractivity contribution >= 4 is 17.5 Å². The highest BCUT2D eigenvalue weighted by Gasteiger charge is 2.23. The van der Waals surface area contributed by atoms with Crippen molar-refractivity contribution in [1.82, 2.24) is 20.6 Å². The van der Waals surface area contributed by atoms with Crippen molar-refractivity contribution in [2.24, 2.45) is 0 Å². The summed E-state index contributed by atoms with van der Waals surface area (Å²) in [5.41, 5.74) is 4.00. The largest absolute Gasteiger partial charge is 0.378 e. The van der Waals surface area contributed by atoms with Crippen LogP contribution in [0.25, 0.3) is 11.4 Å². The lowest BCUT2D eigenvalue weighted by molar-refractivity contribution is 0.122. The molecule has 0 radical (unpaired) electrons. The number of amides is 2. The van der Waals surface area contributed by atoms with Crippen LogP contribution in [0.2, 0.25) is 0 Å². The third-order valence-corrected chi connectivity index (χ3v) is 4.96. The minimum Gasteiger partial charge on any atom is -0.378 e. The topological polar surface area (TPSA) is 91.4 Å². The third kappa shape index (κ3) is 4.07. The van der Waals surface area contributed by atoms with Crippen LogP contribution < -0.4 is 20.9 Å². The van der Waals surface area contributed by atoms with Gasteiger partial charge in [-0.2, -0.15) is 0 Å². The average Bonchev–Trinajstić information content (AvgIpc) is 2.74. The highest BCUT2D eigenvalue weighted by atomic mass is 16.5. The maximum atomic E-state index is 11.7. The van der Waals surface area contributed by atoms with Crippen molar-refractivity contribution in [3.63, 3.8) is 0 Å². The van der Waals surface area contributed by atoms with E-state index >= 15 is 0 Å². The Kier molecular flexibility index (Phi) is 5.68. The molecule has 8 heteroatoms. The van der Waals surface area contributed by atoms with Gasteiger partial charge in [0.1, 0.15) is 5.82 Å². The normalized spacial score (nSPS) is 16.4. The first-order valence-electron chi connectivity index (χ1n) is 9.83. The first-order chi connectivity index (χ1) is 13.7. The summed E-state index contributed by atoms with van der Waals surface area (Å²) in [4.78, 5) is 23.7. The summed E-state index contributed by atoms with van der Waals surface area (Å²) in [6, 6.07) is 7.45. The number of urea groups is 1. The smallest absolute Gasteiger partial charge is 0.319 e. The quantitative estimate of drug-likeness (QED) is 0.747. The lowest BCUT2D eigenvalue weighted by Gasteiger charge is -2.31. The van der Waals surface area contributed by atoms with Gasteiger partial charge in [-0.15, -0.1) is 0 Å². The van der Waals surface area contributed by atoms with Crippen molar-refractivity contribution in [2.45, 2.75) is 19.9 Å². The summed E-state index contributed by atoms with van der Waals surface area (Å²) >= 11 is 0. The van der Waals surface area contributed by atoms with Gasteiger partial charge in [-0.25, -0.2) is 14.8 Å². The number of nitrogens with zero attached hydrogens (tertiary/aromatic N) is 3. The van der Waals surface area contributed by atoms with Gasteiger partial charge < -0.3 is 25.6 Å². The molecule has 0 bridgehead atoms. The molecule has 0 atom stereocenters. The summed E-state index contributed by atoms with van der Waals surface area (Å²) in [7, 11) is 0. The predicted octanol–water partition coefficient (Wildman–Crippen LogP) is 1.77. The molecule has 0 unspecified atom stereocenters. The Hall–Kier alpha value is -2.71. The number of hydrogen-bond acceptors (Lipinski definition) is 6. The van der Waals surface area contributed by atoms with Crippen LogP contribution in [0.1, 0.15) is 18.2 Å². The fourth-order valence-electron chi connectivity index (χ4n) is 3.53. The third-order valence-electron chi connectivity index (χ3n) is 4.96. The van der Waals surface area contributed by atoms with Crippen LogP contribution in [-0.4, -0.2) is 55.4 Å². The number of carbonyl (C=O) groups excluding carboxylic acids is 1. The van der Waals surface area contributed by atoms with Gasteiger partial charge in [-0.1, -0.05) is 0 Å². The second-order valence-electron chi connectivity index (χ2n) is 6.88. The molecular formula is C20H26N6O2. The Labute approximate surface area is 164 Å². The predicted molar refractivity (Wildman–Crippen MR) is 109 cm³/mol. The van der Waals surface area contributed by atoms with E-state index in [1.54, 1.807) is 0 Å². The minimum atomic E-state index is -0.206. The summed E-state index contributed by atoms with van der Waals surface area (Å²) in [5.74, 6) is 1.74. The number of aromatic nitrogens is 2. The van der Waals surface area contributed by atoms with E-state index in [4.69, 9.17) is 14.7 Å². The number of nitrogens with one attached hydrogen (secondary N) is 3. The summed E-state index contributed by atoms with van der Waals surface area (Å²) in [6.07, 6.45) is 0.902. The number of hydrogen-bond donors (Lipinski definition) is 3. The number of rotatable bonds is 4. The zero-order chi connectivity index (χ0) is 19.3. The van der Waals surface area contributed by atoms with Crippen LogP contribution in [-0.2, 0) is 17.7 Å². The van der Waals surface area contributed by atoms with Gasteiger partial charge in [-0.3, -0.25) is 0 Å². The number of ether oxygens (including phenoxy) is 1. The van der Waals surface area contributed by atoms with Crippen molar-refractivity contribution < 1.29 is 9.53 Å². The summed E-state index contributed by atoms with van der Waals surface area (Å²) in [6.45, 7) is 7.35. The highest BCUT2D eigenvalue weighted by molar-refractivity contribution is 5.89. The van der Waals surface area contributed by atoms with Crippen LogP contribution in [0, 0.1) is 0 Å².